The van der Waals surface area contributed by atoms with E-state index in [9.17, 15) is 14.4 Å². The first kappa shape index (κ1) is 20.7. The number of carbonyl (C=O) groups is 3. The second-order valence-corrected chi connectivity index (χ2v) is 6.49. The zero-order chi connectivity index (χ0) is 19.8. The van der Waals surface area contributed by atoms with Gasteiger partial charge in [0, 0.05) is 18.7 Å². The molecule has 142 valence electrons. The molecule has 1 unspecified atom stereocenters. The molecule has 27 heavy (non-hydrogen) atoms. The molecule has 3 N–H and O–H groups in total. The van der Waals surface area contributed by atoms with Gasteiger partial charge in [-0.1, -0.05) is 47.5 Å². The second kappa shape index (κ2) is 9.94. The number of rotatable bonds is 7. The molecule has 0 aliphatic rings. The van der Waals surface area contributed by atoms with E-state index in [4.69, 9.17) is 23.2 Å². The largest absolute Gasteiger partial charge is 0.353 e. The third-order valence-electron chi connectivity index (χ3n) is 3.68. The van der Waals surface area contributed by atoms with Gasteiger partial charge in [0.05, 0.1) is 15.6 Å². The second-order valence-electron chi connectivity index (χ2n) is 5.71. The normalized spacial score (nSPS) is 11.4. The lowest BCUT2D eigenvalue weighted by Crippen LogP contribution is -2.46. The fraction of sp³-hybridized carbons (Fsp3) is 0.211. The molecule has 0 radical (unpaired) electrons. The highest BCUT2D eigenvalue weighted by Crippen LogP contribution is 2.25. The number of carbonyl (C=O) groups excluding carboxylic acids is 3. The Kier molecular flexibility index (Phi) is 7.64. The van der Waals surface area contributed by atoms with Gasteiger partial charge in [-0.15, -0.1) is 0 Å². The molecule has 0 aromatic heterocycles. The molecule has 3 amide bonds. The van der Waals surface area contributed by atoms with Crippen LogP contribution >= 0.6 is 23.2 Å². The van der Waals surface area contributed by atoms with Crippen LogP contribution in [0.2, 0.25) is 10.0 Å². The number of benzene rings is 2. The Hall–Kier alpha value is -2.57. The van der Waals surface area contributed by atoms with E-state index < -0.39 is 11.9 Å². The van der Waals surface area contributed by atoms with Crippen LogP contribution in [0.15, 0.2) is 48.5 Å². The minimum Gasteiger partial charge on any atom is -0.353 e. The van der Waals surface area contributed by atoms with E-state index in [1.54, 1.807) is 43.3 Å². The molecule has 0 aliphatic carbocycles. The highest BCUT2D eigenvalue weighted by Gasteiger charge is 2.19. The van der Waals surface area contributed by atoms with Crippen LogP contribution in [0.1, 0.15) is 27.6 Å². The third-order valence-corrected chi connectivity index (χ3v) is 4.50. The molecule has 0 fully saturated rings. The molecular weight excluding hydrogens is 389 g/mol. The lowest BCUT2D eigenvalue weighted by Gasteiger charge is -2.15. The molecule has 0 aliphatic heterocycles. The lowest BCUT2D eigenvalue weighted by atomic mass is 10.2. The van der Waals surface area contributed by atoms with Gasteiger partial charge in [0.2, 0.25) is 5.91 Å². The van der Waals surface area contributed by atoms with E-state index in [-0.39, 0.29) is 40.5 Å². The van der Waals surface area contributed by atoms with Gasteiger partial charge in [-0.05, 0) is 31.2 Å². The maximum absolute atomic E-state index is 12.2. The molecular formula is C19H19Cl2N3O3. The van der Waals surface area contributed by atoms with Gasteiger partial charge in [-0.2, -0.15) is 0 Å². The van der Waals surface area contributed by atoms with Crippen LogP contribution in [0, 0.1) is 0 Å². The minimum absolute atomic E-state index is 0.132. The molecule has 2 aromatic rings. The van der Waals surface area contributed by atoms with Gasteiger partial charge < -0.3 is 16.0 Å². The van der Waals surface area contributed by atoms with Gasteiger partial charge in [0.1, 0.15) is 6.04 Å². The van der Waals surface area contributed by atoms with Gasteiger partial charge in [0.25, 0.3) is 11.8 Å². The Labute approximate surface area is 167 Å². The van der Waals surface area contributed by atoms with Crippen molar-refractivity contribution in [1.82, 2.24) is 16.0 Å². The number of hydrogen-bond donors (Lipinski definition) is 3. The van der Waals surface area contributed by atoms with E-state index in [1.807, 2.05) is 6.07 Å². The van der Waals surface area contributed by atoms with Crippen molar-refractivity contribution in [2.24, 2.45) is 0 Å². The first-order chi connectivity index (χ1) is 12.9. The Morgan fingerprint density at radius 1 is 0.889 bits per heavy atom. The summed E-state index contributed by atoms with van der Waals surface area (Å²) in [5.74, 6) is -1.10. The van der Waals surface area contributed by atoms with Crippen LogP contribution < -0.4 is 16.0 Å². The molecule has 8 heteroatoms. The highest BCUT2D eigenvalue weighted by atomic mass is 35.5. The zero-order valence-electron chi connectivity index (χ0n) is 14.6. The molecule has 0 heterocycles. The van der Waals surface area contributed by atoms with Crippen LogP contribution in [-0.2, 0) is 4.79 Å². The van der Waals surface area contributed by atoms with Crippen LogP contribution in [-0.4, -0.2) is 36.9 Å². The van der Waals surface area contributed by atoms with Crippen LogP contribution in [0.4, 0.5) is 0 Å². The fourth-order valence-electron chi connectivity index (χ4n) is 2.23. The number of halogens is 2. The predicted octanol–water partition coefficient (Wildman–Crippen LogP) is 2.66. The molecule has 0 saturated heterocycles. The third kappa shape index (κ3) is 5.98. The zero-order valence-corrected chi connectivity index (χ0v) is 16.1. The number of amides is 3. The van der Waals surface area contributed by atoms with Crippen molar-refractivity contribution < 1.29 is 14.4 Å². The predicted molar refractivity (Wildman–Crippen MR) is 105 cm³/mol. The number of hydrogen-bond acceptors (Lipinski definition) is 3. The van der Waals surface area contributed by atoms with Crippen LogP contribution in [0.25, 0.3) is 0 Å². The Morgan fingerprint density at radius 2 is 1.56 bits per heavy atom. The quantitative estimate of drug-likeness (QED) is 0.616. The average Bonchev–Trinajstić information content (AvgIpc) is 2.67. The van der Waals surface area contributed by atoms with E-state index in [2.05, 4.69) is 16.0 Å². The lowest BCUT2D eigenvalue weighted by molar-refractivity contribution is -0.122. The Morgan fingerprint density at radius 3 is 2.26 bits per heavy atom. The van der Waals surface area contributed by atoms with E-state index in [0.29, 0.717) is 5.56 Å². The van der Waals surface area contributed by atoms with Crippen molar-refractivity contribution in [3.63, 3.8) is 0 Å². The molecule has 2 rings (SSSR count). The monoisotopic (exact) mass is 407 g/mol. The van der Waals surface area contributed by atoms with E-state index in [0.717, 1.165) is 0 Å². The Bertz CT molecular complexity index is 828. The van der Waals surface area contributed by atoms with E-state index >= 15 is 0 Å². The Balaban J connectivity index is 1.76. The van der Waals surface area contributed by atoms with Crippen LogP contribution in [0.3, 0.4) is 0 Å². The molecule has 0 bridgehead atoms. The van der Waals surface area contributed by atoms with Crippen molar-refractivity contribution in [3.8, 4) is 0 Å². The smallest absolute Gasteiger partial charge is 0.253 e. The van der Waals surface area contributed by atoms with Crippen molar-refractivity contribution in [2.45, 2.75) is 13.0 Å². The summed E-state index contributed by atoms with van der Waals surface area (Å²) < 4.78 is 0. The van der Waals surface area contributed by atoms with Gasteiger partial charge >= 0.3 is 0 Å². The summed E-state index contributed by atoms with van der Waals surface area (Å²) >= 11 is 11.9. The van der Waals surface area contributed by atoms with Crippen molar-refractivity contribution in [3.05, 3.63) is 69.7 Å². The van der Waals surface area contributed by atoms with Crippen LogP contribution in [0.5, 0.6) is 0 Å². The first-order valence-electron chi connectivity index (χ1n) is 8.26. The SMILES string of the molecule is CC(NC(=O)c1cccc(Cl)c1Cl)C(=O)NCCNC(=O)c1ccccc1. The summed E-state index contributed by atoms with van der Waals surface area (Å²) in [5, 5.41) is 8.30. The standard InChI is InChI=1S/C19H19Cl2N3O3/c1-12(24-19(27)14-8-5-9-15(20)16(14)21)17(25)22-10-11-23-18(26)13-6-3-2-4-7-13/h2-9,12H,10-11H2,1H3,(H,22,25)(H,23,26)(H,24,27). The van der Waals surface area contributed by atoms with Gasteiger partial charge in [-0.25, -0.2) is 0 Å². The van der Waals surface area contributed by atoms with Crippen molar-refractivity contribution >= 4 is 40.9 Å². The molecule has 0 spiro atoms. The maximum atomic E-state index is 12.2. The first-order valence-corrected chi connectivity index (χ1v) is 9.01. The van der Waals surface area contributed by atoms with Crippen molar-refractivity contribution in [1.29, 1.82) is 0 Å². The molecule has 1 atom stereocenters. The molecule has 6 nitrogen and oxygen atoms in total. The summed E-state index contributed by atoms with van der Waals surface area (Å²) in [5.41, 5.74) is 0.738. The fourth-order valence-corrected chi connectivity index (χ4v) is 2.61. The summed E-state index contributed by atoms with van der Waals surface area (Å²) in [7, 11) is 0. The minimum atomic E-state index is -0.780. The van der Waals surface area contributed by atoms with E-state index in [1.165, 1.54) is 6.07 Å². The van der Waals surface area contributed by atoms with Gasteiger partial charge in [0.15, 0.2) is 0 Å². The summed E-state index contributed by atoms with van der Waals surface area (Å²) in [6.07, 6.45) is 0. The highest BCUT2D eigenvalue weighted by molar-refractivity contribution is 6.43. The average molecular weight is 408 g/mol. The summed E-state index contributed by atoms with van der Waals surface area (Å²) in [4.78, 5) is 36.2. The molecule has 0 saturated carbocycles. The summed E-state index contributed by atoms with van der Waals surface area (Å²) in [6, 6.07) is 12.7. The van der Waals surface area contributed by atoms with Gasteiger partial charge in [-0.3, -0.25) is 14.4 Å². The molecule has 2 aromatic carbocycles. The maximum Gasteiger partial charge on any atom is 0.253 e. The van der Waals surface area contributed by atoms with Crippen molar-refractivity contribution in [2.75, 3.05) is 13.1 Å². The summed E-state index contributed by atoms with van der Waals surface area (Å²) in [6.45, 7) is 2.05. The number of nitrogens with one attached hydrogen (secondary N) is 3. The topological polar surface area (TPSA) is 87.3 Å².